The average molecular weight is 584 g/mol. The van der Waals surface area contributed by atoms with Crippen molar-refractivity contribution < 1.29 is 18.7 Å². The highest BCUT2D eigenvalue weighted by molar-refractivity contribution is 5.95. The Morgan fingerprint density at radius 2 is 1.73 bits per heavy atom. The number of pyridine rings is 1. The summed E-state index contributed by atoms with van der Waals surface area (Å²) >= 11 is 0. The van der Waals surface area contributed by atoms with E-state index in [1.54, 1.807) is 6.07 Å². The number of halogens is 2. The number of carbonyl (C=O) groups excluding carboxylic acids is 1. The zero-order valence-corrected chi connectivity index (χ0v) is 24.5. The summed E-state index contributed by atoms with van der Waals surface area (Å²) in [6.07, 6.45) is 1.01. The normalized spacial score (nSPS) is 16.9. The standard InChI is InChI=1S/C31H38FN5O3.ClH/c1-22(2)37-10-8-35(9-11-37)20-23-6-7-28(25(16-23)21-36-12-14-39-15-13-36)24-4-3-5-27(17-24)40-31-29(30(33)38)18-26(32)19-34-31;/h3-7,16-19,22H,8-15,20-21H2,1-2H3,(H2,33,38);1H. The number of hydrogen-bond acceptors (Lipinski definition) is 7. The van der Waals surface area contributed by atoms with Crippen LogP contribution in [-0.4, -0.2) is 84.1 Å². The van der Waals surface area contributed by atoms with E-state index in [1.165, 1.54) is 11.1 Å². The number of nitrogens with two attached hydrogens (primary N) is 1. The second-order valence-electron chi connectivity index (χ2n) is 10.8. The van der Waals surface area contributed by atoms with Crippen molar-refractivity contribution in [2.75, 3.05) is 52.5 Å². The summed E-state index contributed by atoms with van der Waals surface area (Å²) in [6.45, 7) is 13.9. The zero-order valence-electron chi connectivity index (χ0n) is 23.7. The predicted octanol–water partition coefficient (Wildman–Crippen LogP) is 4.56. The Balaban J connectivity index is 0.00000387. The highest BCUT2D eigenvalue weighted by atomic mass is 35.5. The van der Waals surface area contributed by atoms with Crippen LogP contribution in [0.1, 0.15) is 35.3 Å². The number of primary amides is 1. The van der Waals surface area contributed by atoms with Gasteiger partial charge in [0.25, 0.3) is 5.91 Å². The van der Waals surface area contributed by atoms with Gasteiger partial charge in [0.2, 0.25) is 5.88 Å². The van der Waals surface area contributed by atoms with Crippen LogP contribution in [0.25, 0.3) is 11.1 Å². The van der Waals surface area contributed by atoms with Crippen molar-refractivity contribution in [1.82, 2.24) is 19.7 Å². The van der Waals surface area contributed by atoms with Crippen LogP contribution in [0.2, 0.25) is 0 Å². The molecule has 2 aromatic carbocycles. The van der Waals surface area contributed by atoms with Crippen LogP contribution >= 0.6 is 12.4 Å². The van der Waals surface area contributed by atoms with Crippen LogP contribution in [0.3, 0.4) is 0 Å². The molecule has 5 rings (SSSR count). The topological polar surface area (TPSA) is 84.2 Å². The van der Waals surface area contributed by atoms with Crippen LogP contribution in [0, 0.1) is 5.82 Å². The quantitative estimate of drug-likeness (QED) is 0.395. The minimum atomic E-state index is -0.799. The molecule has 0 radical (unpaired) electrons. The summed E-state index contributed by atoms with van der Waals surface area (Å²) in [5.41, 5.74) is 9.98. The molecule has 1 aromatic heterocycles. The van der Waals surface area contributed by atoms with Crippen LogP contribution < -0.4 is 10.5 Å². The molecule has 2 aliphatic rings. The summed E-state index contributed by atoms with van der Waals surface area (Å²) in [5, 5.41) is 0. The van der Waals surface area contributed by atoms with Gasteiger partial charge in [-0.15, -0.1) is 12.4 Å². The SMILES string of the molecule is CC(C)N1CCN(Cc2ccc(-c3cccc(Oc4ncc(F)cc4C(N)=O)c3)c(CN3CCOCC3)c2)CC1.Cl. The van der Waals surface area contributed by atoms with Crippen molar-refractivity contribution in [1.29, 1.82) is 0 Å². The monoisotopic (exact) mass is 583 g/mol. The van der Waals surface area contributed by atoms with Gasteiger partial charge in [-0.3, -0.25) is 19.5 Å². The molecular formula is C31H39ClFN5O3. The summed E-state index contributed by atoms with van der Waals surface area (Å²) in [4.78, 5) is 23.3. The van der Waals surface area contributed by atoms with Crippen LogP contribution in [0.5, 0.6) is 11.6 Å². The smallest absolute Gasteiger partial charge is 0.254 e. The number of aromatic nitrogens is 1. The Hall–Kier alpha value is -3.08. The molecule has 0 spiro atoms. The molecule has 0 unspecified atom stereocenters. The maximum absolute atomic E-state index is 13.7. The van der Waals surface area contributed by atoms with Gasteiger partial charge in [0.15, 0.2) is 0 Å². The van der Waals surface area contributed by atoms with Gasteiger partial charge in [-0.1, -0.05) is 30.3 Å². The fraction of sp³-hybridized carbons (Fsp3) is 0.419. The zero-order chi connectivity index (χ0) is 28.1. The van der Waals surface area contributed by atoms with E-state index in [0.717, 1.165) is 89.0 Å². The van der Waals surface area contributed by atoms with E-state index in [1.807, 2.05) is 18.2 Å². The van der Waals surface area contributed by atoms with E-state index >= 15 is 0 Å². The Bertz CT molecular complexity index is 1330. The molecule has 2 fully saturated rings. The fourth-order valence-corrected chi connectivity index (χ4v) is 5.38. The summed E-state index contributed by atoms with van der Waals surface area (Å²) in [5.74, 6) is -0.979. The van der Waals surface area contributed by atoms with Crippen LogP contribution in [0.15, 0.2) is 54.7 Å². The van der Waals surface area contributed by atoms with E-state index in [-0.39, 0.29) is 23.9 Å². The van der Waals surface area contributed by atoms with Crippen LogP contribution in [0.4, 0.5) is 4.39 Å². The molecule has 41 heavy (non-hydrogen) atoms. The van der Waals surface area contributed by atoms with E-state index in [0.29, 0.717) is 11.8 Å². The summed E-state index contributed by atoms with van der Waals surface area (Å²) in [6, 6.07) is 16.0. The number of benzene rings is 2. The van der Waals surface area contributed by atoms with Gasteiger partial charge < -0.3 is 15.2 Å². The van der Waals surface area contributed by atoms with E-state index < -0.39 is 11.7 Å². The van der Waals surface area contributed by atoms with Gasteiger partial charge in [-0.25, -0.2) is 9.37 Å². The van der Waals surface area contributed by atoms with Gasteiger partial charge in [-0.2, -0.15) is 0 Å². The lowest BCUT2D eigenvalue weighted by Gasteiger charge is -2.37. The molecule has 0 bridgehead atoms. The third kappa shape index (κ3) is 8.02. The van der Waals surface area contributed by atoms with E-state index in [9.17, 15) is 9.18 Å². The maximum atomic E-state index is 13.7. The molecule has 8 nitrogen and oxygen atoms in total. The maximum Gasteiger partial charge on any atom is 0.254 e. The number of rotatable bonds is 9. The molecule has 220 valence electrons. The lowest BCUT2D eigenvalue weighted by atomic mass is 9.96. The lowest BCUT2D eigenvalue weighted by molar-refractivity contribution is 0.0342. The number of hydrogen-bond donors (Lipinski definition) is 1. The van der Waals surface area contributed by atoms with Gasteiger partial charge in [0.1, 0.15) is 17.1 Å². The molecule has 2 N–H and O–H groups in total. The van der Waals surface area contributed by atoms with Gasteiger partial charge in [0.05, 0.1) is 19.4 Å². The van der Waals surface area contributed by atoms with E-state index in [2.05, 4.69) is 51.7 Å². The molecule has 3 aromatic rings. The van der Waals surface area contributed by atoms with Crippen molar-refractivity contribution in [3.05, 3.63) is 77.2 Å². The molecule has 0 atom stereocenters. The number of carbonyl (C=O) groups is 1. The molecule has 10 heteroatoms. The van der Waals surface area contributed by atoms with E-state index in [4.69, 9.17) is 15.2 Å². The second kappa shape index (κ2) is 14.2. The first-order chi connectivity index (χ1) is 19.4. The Kier molecular flexibility index (Phi) is 10.7. The number of ether oxygens (including phenoxy) is 2. The first-order valence-corrected chi connectivity index (χ1v) is 14.0. The molecule has 2 saturated heterocycles. The first-order valence-electron chi connectivity index (χ1n) is 14.0. The van der Waals surface area contributed by atoms with Crippen molar-refractivity contribution >= 4 is 18.3 Å². The van der Waals surface area contributed by atoms with Crippen molar-refractivity contribution in [3.8, 4) is 22.8 Å². The van der Waals surface area contributed by atoms with Crippen molar-refractivity contribution in [2.24, 2.45) is 5.73 Å². The number of nitrogens with zero attached hydrogens (tertiary/aromatic N) is 4. The Labute approximate surface area is 247 Å². The summed E-state index contributed by atoms with van der Waals surface area (Å²) in [7, 11) is 0. The minimum absolute atomic E-state index is 0. The minimum Gasteiger partial charge on any atom is -0.438 e. The molecular weight excluding hydrogens is 545 g/mol. The third-order valence-electron chi connectivity index (χ3n) is 7.65. The highest BCUT2D eigenvalue weighted by Crippen LogP contribution is 2.32. The Morgan fingerprint density at radius 3 is 2.44 bits per heavy atom. The molecule has 2 aliphatic heterocycles. The molecule has 1 amide bonds. The first kappa shape index (κ1) is 30.9. The Morgan fingerprint density at radius 1 is 1.00 bits per heavy atom. The number of morpholine rings is 1. The summed E-state index contributed by atoms with van der Waals surface area (Å²) < 4.78 is 25.1. The van der Waals surface area contributed by atoms with Gasteiger partial charge >= 0.3 is 0 Å². The largest absolute Gasteiger partial charge is 0.438 e. The molecule has 3 heterocycles. The molecule has 0 saturated carbocycles. The number of piperazine rings is 1. The van der Waals surface area contributed by atoms with Crippen LogP contribution in [-0.2, 0) is 17.8 Å². The predicted molar refractivity (Wildman–Crippen MR) is 160 cm³/mol. The fourth-order valence-electron chi connectivity index (χ4n) is 5.38. The average Bonchev–Trinajstić information content (AvgIpc) is 2.95. The third-order valence-corrected chi connectivity index (χ3v) is 7.65. The highest BCUT2D eigenvalue weighted by Gasteiger charge is 2.20. The van der Waals surface area contributed by atoms with Crippen molar-refractivity contribution in [3.63, 3.8) is 0 Å². The van der Waals surface area contributed by atoms with Gasteiger partial charge in [-0.05, 0) is 54.3 Å². The second-order valence-corrected chi connectivity index (χ2v) is 10.8. The van der Waals surface area contributed by atoms with Gasteiger partial charge in [0, 0.05) is 58.4 Å². The molecule has 0 aliphatic carbocycles. The van der Waals surface area contributed by atoms with Crippen molar-refractivity contribution in [2.45, 2.75) is 33.0 Å². The number of amides is 1. The lowest BCUT2D eigenvalue weighted by Crippen LogP contribution is -2.48.